The van der Waals surface area contributed by atoms with Gasteiger partial charge < -0.3 is 34.1 Å². The van der Waals surface area contributed by atoms with Gasteiger partial charge in [-0.1, -0.05) is 62.3 Å². The topological polar surface area (TPSA) is 130 Å². The molecule has 4 heterocycles. The Morgan fingerprint density at radius 3 is 1.54 bits per heavy atom. The van der Waals surface area contributed by atoms with Crippen LogP contribution >= 0.6 is 23.2 Å². The van der Waals surface area contributed by atoms with Crippen LogP contribution < -0.4 is 30.7 Å². The molecule has 2 aromatic heterocycles. The number of nitrogens with one attached hydrogen (secondary N) is 1. The highest BCUT2D eigenvalue weighted by Gasteiger charge is 2.25. The summed E-state index contributed by atoms with van der Waals surface area (Å²) in [5.74, 6) is 1.17. The van der Waals surface area contributed by atoms with Crippen molar-refractivity contribution in [2.24, 2.45) is 7.05 Å². The molecule has 0 bridgehead atoms. The number of methoxy groups -OCH3 is 2. The second-order valence-electron chi connectivity index (χ2n) is 13.8. The summed E-state index contributed by atoms with van der Waals surface area (Å²) in [6.45, 7) is 5.32. The van der Waals surface area contributed by atoms with Crippen molar-refractivity contribution in [3.8, 4) is 11.5 Å². The zero-order valence-corrected chi connectivity index (χ0v) is 33.5. The number of aromatic nitrogens is 4. The van der Waals surface area contributed by atoms with Gasteiger partial charge in [-0.15, -0.1) is 0 Å². The van der Waals surface area contributed by atoms with Crippen LogP contribution in [0.5, 0.6) is 11.5 Å². The number of rotatable bonds is 8. The molecule has 2 aliphatic heterocycles. The van der Waals surface area contributed by atoms with Gasteiger partial charge in [-0.2, -0.15) is 0 Å². The van der Waals surface area contributed by atoms with Crippen LogP contribution in [0.1, 0.15) is 14.9 Å². The highest BCUT2D eigenvalue weighted by atomic mass is 35.5. The van der Waals surface area contributed by atoms with Gasteiger partial charge in [-0.05, 0) is 48.5 Å². The van der Waals surface area contributed by atoms with E-state index in [1.54, 1.807) is 35.3 Å². The molecule has 0 aliphatic carbocycles. The fraction of sp³-hybridized carbons (Fsp3) is 0.349. The summed E-state index contributed by atoms with van der Waals surface area (Å²) in [5.41, 5.74) is 4.68. The molecule has 14 nitrogen and oxygen atoms in total. The number of carbonyl (C=O) groups is 2. The van der Waals surface area contributed by atoms with Crippen LogP contribution in [0.2, 0.25) is 10.0 Å². The van der Waals surface area contributed by atoms with E-state index in [1.807, 2.05) is 89.8 Å². The molecule has 8 rings (SSSR count). The summed E-state index contributed by atoms with van der Waals surface area (Å²) in [6, 6.07) is 26.3. The van der Waals surface area contributed by atoms with Crippen molar-refractivity contribution in [3.63, 3.8) is 0 Å². The fourth-order valence-electron chi connectivity index (χ4n) is 7.37. The molecule has 2 aliphatic rings. The lowest BCUT2D eigenvalue weighted by Gasteiger charge is -2.36. The van der Waals surface area contributed by atoms with E-state index < -0.39 is 0 Å². The molecular formula is C43H52Cl2N8O6. The number of hydrogen-bond donors (Lipinski definition) is 1. The van der Waals surface area contributed by atoms with Crippen LogP contribution in [0.3, 0.4) is 0 Å². The SMILES string of the molecule is C.C.COc1cc(N2CCN(C(=O)Cn3c(=O)[nH]c4ccccc43)CC2)ccc1Cl.COc1cc(N2CCN(C(=O)Cn3c(=O)n(C)c4ccccc43)CC2)ccc1Cl. The number of H-pyrrole nitrogens is 1. The van der Waals surface area contributed by atoms with Gasteiger partial charge in [0.2, 0.25) is 11.8 Å². The zero-order chi connectivity index (χ0) is 40.2. The molecule has 0 unspecified atom stereocenters. The smallest absolute Gasteiger partial charge is 0.329 e. The van der Waals surface area contributed by atoms with E-state index in [2.05, 4.69) is 14.8 Å². The van der Waals surface area contributed by atoms with E-state index in [0.717, 1.165) is 33.4 Å². The lowest BCUT2D eigenvalue weighted by molar-refractivity contribution is -0.132. The Morgan fingerprint density at radius 1 is 0.610 bits per heavy atom. The van der Waals surface area contributed by atoms with Crippen molar-refractivity contribution < 1.29 is 19.1 Å². The van der Waals surface area contributed by atoms with Crippen LogP contribution in [0, 0.1) is 0 Å². The van der Waals surface area contributed by atoms with Crippen molar-refractivity contribution in [1.82, 2.24) is 28.5 Å². The molecule has 0 atom stereocenters. The number of halogens is 2. The Bertz CT molecular complexity index is 2530. The minimum atomic E-state index is -0.263. The third-order valence-corrected chi connectivity index (χ3v) is 11.2. The van der Waals surface area contributed by atoms with Crippen LogP contribution in [0.15, 0.2) is 94.5 Å². The average molecular weight is 848 g/mol. The lowest BCUT2D eigenvalue weighted by Crippen LogP contribution is -2.50. The second-order valence-corrected chi connectivity index (χ2v) is 14.6. The Hall–Kier alpha value is -5.86. The molecule has 314 valence electrons. The number of amides is 2. The van der Waals surface area contributed by atoms with Gasteiger partial charge in [0.1, 0.15) is 24.6 Å². The number of nitrogens with zero attached hydrogens (tertiary/aromatic N) is 7. The predicted octanol–water partition coefficient (Wildman–Crippen LogP) is 5.96. The van der Waals surface area contributed by atoms with Gasteiger partial charge in [0.15, 0.2) is 0 Å². The number of imidazole rings is 2. The van der Waals surface area contributed by atoms with E-state index in [1.165, 1.54) is 4.57 Å². The summed E-state index contributed by atoms with van der Waals surface area (Å²) >= 11 is 12.2. The van der Waals surface area contributed by atoms with Crippen molar-refractivity contribution in [2.45, 2.75) is 27.9 Å². The van der Waals surface area contributed by atoms with Crippen LogP contribution in [-0.2, 0) is 29.7 Å². The molecule has 2 saturated heterocycles. The standard InChI is InChI=1S/C21H23ClN4O3.C20H21ClN4O3.2CH4/c1-23-17-5-3-4-6-18(17)26(21(23)28)14-20(27)25-11-9-24(10-12-25)15-7-8-16(22)19(13-15)29-2;1-28-18-12-14(6-7-15(18)21)23-8-10-24(11-9-23)19(26)13-25-17-5-3-2-4-16(17)22-20(25)27;;/h3-8,13H,9-12,14H2,1-2H3;2-7,12H,8-11,13H2,1H3,(H,22,27);2*1H4. The average Bonchev–Trinajstić information content (AvgIpc) is 3.68. The third kappa shape index (κ3) is 9.39. The molecule has 0 saturated carbocycles. The maximum atomic E-state index is 12.9. The molecular weight excluding hydrogens is 795 g/mol. The first-order chi connectivity index (χ1) is 27.6. The number of benzene rings is 4. The number of fused-ring (bicyclic) bond motifs is 2. The van der Waals surface area contributed by atoms with E-state index in [-0.39, 0.29) is 51.1 Å². The number of anilines is 2. The predicted molar refractivity (Wildman–Crippen MR) is 237 cm³/mol. The minimum Gasteiger partial charge on any atom is -0.495 e. The first-order valence-electron chi connectivity index (χ1n) is 18.6. The first kappa shape index (κ1) is 44.2. The van der Waals surface area contributed by atoms with Crippen molar-refractivity contribution in [2.75, 3.05) is 76.4 Å². The molecule has 2 amide bonds. The number of para-hydroxylation sites is 4. The Morgan fingerprint density at radius 2 is 1.05 bits per heavy atom. The number of carbonyl (C=O) groups excluding carboxylic acids is 2. The zero-order valence-electron chi connectivity index (χ0n) is 32.0. The maximum Gasteiger partial charge on any atom is 0.329 e. The quantitative estimate of drug-likeness (QED) is 0.199. The molecule has 1 N–H and O–H groups in total. The van der Waals surface area contributed by atoms with Crippen LogP contribution in [0.25, 0.3) is 22.1 Å². The van der Waals surface area contributed by atoms with Gasteiger partial charge in [-0.3, -0.25) is 23.3 Å². The number of aryl methyl sites for hydroxylation is 1. The molecule has 0 radical (unpaired) electrons. The highest BCUT2D eigenvalue weighted by molar-refractivity contribution is 6.32. The van der Waals surface area contributed by atoms with Crippen LogP contribution in [0.4, 0.5) is 11.4 Å². The van der Waals surface area contributed by atoms with E-state index in [9.17, 15) is 19.2 Å². The maximum absolute atomic E-state index is 12.9. The van der Waals surface area contributed by atoms with Crippen molar-refractivity contribution in [3.05, 3.63) is 116 Å². The van der Waals surface area contributed by atoms with Crippen molar-refractivity contribution in [1.29, 1.82) is 0 Å². The molecule has 2 fully saturated rings. The molecule has 16 heteroatoms. The van der Waals surface area contributed by atoms with Crippen molar-refractivity contribution >= 4 is 68.5 Å². The Balaban J connectivity index is 0.000000217. The van der Waals surface area contributed by atoms with Gasteiger partial charge in [0, 0.05) is 82.9 Å². The minimum absolute atomic E-state index is 0. The number of piperazine rings is 2. The Labute approximate surface area is 353 Å². The summed E-state index contributed by atoms with van der Waals surface area (Å²) in [5, 5.41) is 1.15. The highest BCUT2D eigenvalue weighted by Crippen LogP contribution is 2.31. The van der Waals surface area contributed by atoms with Gasteiger partial charge in [0.05, 0.1) is 46.3 Å². The summed E-state index contributed by atoms with van der Waals surface area (Å²) in [4.78, 5) is 61.2. The third-order valence-electron chi connectivity index (χ3n) is 10.6. The van der Waals surface area contributed by atoms with E-state index in [0.29, 0.717) is 73.9 Å². The van der Waals surface area contributed by atoms with E-state index in [4.69, 9.17) is 32.7 Å². The lowest BCUT2D eigenvalue weighted by atomic mass is 10.2. The molecule has 4 aromatic carbocycles. The van der Waals surface area contributed by atoms with Gasteiger partial charge >= 0.3 is 11.4 Å². The summed E-state index contributed by atoms with van der Waals surface area (Å²) in [7, 11) is 4.91. The van der Waals surface area contributed by atoms with Gasteiger partial charge in [0.25, 0.3) is 0 Å². The van der Waals surface area contributed by atoms with Gasteiger partial charge in [-0.25, -0.2) is 9.59 Å². The number of aromatic amines is 1. The fourth-order valence-corrected chi connectivity index (χ4v) is 7.76. The largest absolute Gasteiger partial charge is 0.495 e. The first-order valence-corrected chi connectivity index (χ1v) is 19.4. The van der Waals surface area contributed by atoms with Crippen LogP contribution in [-0.4, -0.2) is 107 Å². The summed E-state index contributed by atoms with van der Waals surface area (Å²) in [6.07, 6.45) is 0. The monoisotopic (exact) mass is 846 g/mol. The second kappa shape index (κ2) is 19.3. The molecule has 59 heavy (non-hydrogen) atoms. The van der Waals surface area contributed by atoms with E-state index >= 15 is 0 Å². The summed E-state index contributed by atoms with van der Waals surface area (Å²) < 4.78 is 15.2. The normalized spacial score (nSPS) is 14.0. The Kier molecular flexibility index (Phi) is 14.4. The number of hydrogen-bond acceptors (Lipinski definition) is 8. The molecule has 0 spiro atoms. The molecule has 6 aromatic rings. The number of ether oxygens (including phenoxy) is 2.